The summed E-state index contributed by atoms with van der Waals surface area (Å²) in [5, 5.41) is 12.5. The Morgan fingerprint density at radius 1 is 0.897 bits per heavy atom. The lowest BCUT2D eigenvalue weighted by Crippen LogP contribution is -2.17. The fourth-order valence-electron chi connectivity index (χ4n) is 3.05. The molecular weight excluding hydrogens is 366 g/mol. The summed E-state index contributed by atoms with van der Waals surface area (Å²) in [6.45, 7) is 0. The number of carboxylic acid groups (broad SMARTS) is 1. The van der Waals surface area contributed by atoms with E-state index in [1.807, 2.05) is 60.7 Å². The zero-order valence-electron chi connectivity index (χ0n) is 15.3. The standard InChI is InChI=1S/C23H17N3O3/c27-22-19(15-24-20-14-8-7-13-18(20)23(28)29)21(16-9-3-1-4-10-16)25-26(22)17-11-5-2-6-12-17/h1-15,25H,(H,28,29). The maximum Gasteiger partial charge on any atom is 0.337 e. The minimum atomic E-state index is -1.07. The van der Waals surface area contributed by atoms with E-state index in [4.69, 9.17) is 0 Å². The number of aromatic carboxylic acids is 1. The van der Waals surface area contributed by atoms with Gasteiger partial charge in [-0.25, -0.2) is 9.48 Å². The number of carboxylic acids is 1. The first-order chi connectivity index (χ1) is 14.1. The molecule has 0 saturated carbocycles. The van der Waals surface area contributed by atoms with Crippen molar-refractivity contribution in [1.82, 2.24) is 9.78 Å². The molecule has 1 aromatic heterocycles. The first-order valence-electron chi connectivity index (χ1n) is 8.97. The smallest absolute Gasteiger partial charge is 0.337 e. The second-order valence-electron chi connectivity index (χ2n) is 6.32. The van der Waals surface area contributed by atoms with Crippen molar-refractivity contribution in [3.8, 4) is 16.9 Å². The summed E-state index contributed by atoms with van der Waals surface area (Å²) in [5.74, 6) is -1.07. The molecule has 0 aliphatic rings. The molecule has 0 aliphatic heterocycles. The number of H-pyrrole nitrogens is 1. The molecule has 0 atom stereocenters. The molecule has 4 aromatic rings. The van der Waals surface area contributed by atoms with E-state index in [1.165, 1.54) is 17.0 Å². The SMILES string of the molecule is O=C(O)c1ccccc1N=Cc1c(-c2ccccc2)[nH]n(-c2ccccc2)c1=O. The largest absolute Gasteiger partial charge is 0.478 e. The first-order valence-corrected chi connectivity index (χ1v) is 8.97. The number of benzene rings is 3. The van der Waals surface area contributed by atoms with Gasteiger partial charge in [0, 0.05) is 11.8 Å². The van der Waals surface area contributed by atoms with Crippen molar-refractivity contribution in [2.24, 2.45) is 4.99 Å². The number of rotatable bonds is 5. The van der Waals surface area contributed by atoms with Crippen molar-refractivity contribution in [3.05, 3.63) is 106 Å². The van der Waals surface area contributed by atoms with Gasteiger partial charge in [0.2, 0.25) is 0 Å². The summed E-state index contributed by atoms with van der Waals surface area (Å²) >= 11 is 0. The van der Waals surface area contributed by atoms with E-state index in [1.54, 1.807) is 18.2 Å². The van der Waals surface area contributed by atoms with E-state index in [9.17, 15) is 14.7 Å². The molecule has 0 aliphatic carbocycles. The molecule has 0 bridgehead atoms. The van der Waals surface area contributed by atoms with Gasteiger partial charge in [-0.2, -0.15) is 0 Å². The minimum Gasteiger partial charge on any atom is -0.478 e. The molecule has 0 spiro atoms. The molecule has 0 radical (unpaired) electrons. The van der Waals surface area contributed by atoms with E-state index >= 15 is 0 Å². The minimum absolute atomic E-state index is 0.0731. The van der Waals surface area contributed by atoms with Gasteiger partial charge in [-0.15, -0.1) is 0 Å². The summed E-state index contributed by atoms with van der Waals surface area (Å²) < 4.78 is 1.45. The molecular formula is C23H17N3O3. The fourth-order valence-corrected chi connectivity index (χ4v) is 3.05. The number of aromatic nitrogens is 2. The van der Waals surface area contributed by atoms with Crippen molar-refractivity contribution < 1.29 is 9.90 Å². The van der Waals surface area contributed by atoms with E-state index in [0.717, 1.165) is 5.56 Å². The Morgan fingerprint density at radius 2 is 1.52 bits per heavy atom. The highest BCUT2D eigenvalue weighted by Gasteiger charge is 2.16. The van der Waals surface area contributed by atoms with Gasteiger partial charge >= 0.3 is 5.97 Å². The molecule has 6 nitrogen and oxygen atoms in total. The Labute approximate surface area is 166 Å². The molecule has 0 unspecified atom stereocenters. The van der Waals surface area contributed by atoms with Gasteiger partial charge in [0.25, 0.3) is 5.56 Å². The second-order valence-corrected chi connectivity index (χ2v) is 6.32. The third kappa shape index (κ3) is 3.64. The number of carbonyl (C=O) groups is 1. The molecule has 4 rings (SSSR count). The Morgan fingerprint density at radius 3 is 2.21 bits per heavy atom. The summed E-state index contributed by atoms with van der Waals surface area (Å²) in [6, 6.07) is 25.1. The molecule has 0 amide bonds. The topological polar surface area (TPSA) is 87.4 Å². The Bertz CT molecular complexity index is 1240. The lowest BCUT2D eigenvalue weighted by Gasteiger charge is -2.01. The monoisotopic (exact) mass is 383 g/mol. The van der Waals surface area contributed by atoms with E-state index in [-0.39, 0.29) is 16.8 Å². The molecule has 0 fully saturated rings. The van der Waals surface area contributed by atoms with E-state index in [0.29, 0.717) is 16.9 Å². The predicted molar refractivity (Wildman–Crippen MR) is 112 cm³/mol. The zero-order valence-corrected chi connectivity index (χ0v) is 15.3. The van der Waals surface area contributed by atoms with Crippen LogP contribution < -0.4 is 5.56 Å². The normalized spacial score (nSPS) is 11.0. The maximum absolute atomic E-state index is 13.1. The predicted octanol–water partition coefficient (Wildman–Crippen LogP) is 4.28. The second kappa shape index (κ2) is 7.82. The van der Waals surface area contributed by atoms with Crippen LogP contribution >= 0.6 is 0 Å². The van der Waals surface area contributed by atoms with Crippen LogP contribution in [0.2, 0.25) is 0 Å². The Balaban J connectivity index is 1.88. The summed E-state index contributed by atoms with van der Waals surface area (Å²) in [5.41, 5.74) is 2.56. The Kier molecular flexibility index (Phi) is 4.90. The summed E-state index contributed by atoms with van der Waals surface area (Å²) in [4.78, 5) is 28.9. The summed E-state index contributed by atoms with van der Waals surface area (Å²) in [7, 11) is 0. The molecule has 2 N–H and O–H groups in total. The van der Waals surface area contributed by atoms with Crippen molar-refractivity contribution in [3.63, 3.8) is 0 Å². The molecule has 1 heterocycles. The number of nitrogens with zero attached hydrogens (tertiary/aromatic N) is 2. The fraction of sp³-hybridized carbons (Fsp3) is 0. The van der Waals surface area contributed by atoms with Gasteiger partial charge in [-0.1, -0.05) is 60.7 Å². The van der Waals surface area contributed by atoms with Crippen LogP contribution in [0.1, 0.15) is 15.9 Å². The van der Waals surface area contributed by atoms with Gasteiger partial charge < -0.3 is 5.11 Å². The van der Waals surface area contributed by atoms with Crippen molar-refractivity contribution in [2.45, 2.75) is 0 Å². The van der Waals surface area contributed by atoms with Crippen molar-refractivity contribution in [1.29, 1.82) is 0 Å². The van der Waals surface area contributed by atoms with Crippen LogP contribution in [0.25, 0.3) is 16.9 Å². The molecule has 3 aromatic carbocycles. The number of para-hydroxylation sites is 2. The number of aromatic amines is 1. The average Bonchev–Trinajstić information content (AvgIpc) is 3.10. The summed E-state index contributed by atoms with van der Waals surface area (Å²) in [6.07, 6.45) is 1.42. The Hall–Kier alpha value is -4.19. The molecule has 6 heteroatoms. The highest BCUT2D eigenvalue weighted by Crippen LogP contribution is 2.22. The lowest BCUT2D eigenvalue weighted by molar-refractivity contribution is 0.0698. The van der Waals surface area contributed by atoms with Crippen LogP contribution in [-0.4, -0.2) is 27.1 Å². The van der Waals surface area contributed by atoms with E-state index < -0.39 is 5.97 Å². The highest BCUT2D eigenvalue weighted by molar-refractivity contribution is 5.96. The third-order valence-corrected chi connectivity index (χ3v) is 4.47. The van der Waals surface area contributed by atoms with Crippen LogP contribution in [0.3, 0.4) is 0 Å². The molecule has 142 valence electrons. The molecule has 0 saturated heterocycles. The maximum atomic E-state index is 13.1. The van der Waals surface area contributed by atoms with Crippen LogP contribution in [0.15, 0.2) is 94.7 Å². The number of hydrogen-bond acceptors (Lipinski definition) is 3. The quantitative estimate of drug-likeness (QED) is 0.504. The highest BCUT2D eigenvalue weighted by atomic mass is 16.4. The van der Waals surface area contributed by atoms with Crippen LogP contribution in [-0.2, 0) is 0 Å². The van der Waals surface area contributed by atoms with E-state index in [2.05, 4.69) is 10.1 Å². The van der Waals surface area contributed by atoms with Crippen LogP contribution in [0, 0.1) is 0 Å². The lowest BCUT2D eigenvalue weighted by atomic mass is 10.1. The number of aliphatic imine (C=N–C) groups is 1. The van der Waals surface area contributed by atoms with Gasteiger partial charge in [0.05, 0.1) is 28.2 Å². The number of nitrogens with one attached hydrogen (secondary N) is 1. The van der Waals surface area contributed by atoms with Crippen LogP contribution in [0.4, 0.5) is 5.69 Å². The van der Waals surface area contributed by atoms with Crippen molar-refractivity contribution in [2.75, 3.05) is 0 Å². The van der Waals surface area contributed by atoms with Gasteiger partial charge in [0.1, 0.15) is 0 Å². The van der Waals surface area contributed by atoms with Gasteiger partial charge in [0.15, 0.2) is 0 Å². The van der Waals surface area contributed by atoms with Gasteiger partial charge in [-0.3, -0.25) is 14.9 Å². The van der Waals surface area contributed by atoms with Gasteiger partial charge in [-0.05, 0) is 24.3 Å². The number of hydrogen-bond donors (Lipinski definition) is 2. The average molecular weight is 383 g/mol. The van der Waals surface area contributed by atoms with Crippen molar-refractivity contribution >= 4 is 17.9 Å². The first kappa shape index (κ1) is 18.2. The molecule has 29 heavy (non-hydrogen) atoms. The zero-order chi connectivity index (χ0) is 20.2. The third-order valence-electron chi connectivity index (χ3n) is 4.47. The van der Waals surface area contributed by atoms with Crippen LogP contribution in [0.5, 0.6) is 0 Å².